The lowest BCUT2D eigenvalue weighted by Crippen LogP contribution is -2.47. The predicted molar refractivity (Wildman–Crippen MR) is 83.0 cm³/mol. The molecule has 0 N–H and O–H groups in total. The average molecular weight is 338 g/mol. The molecule has 0 aromatic heterocycles. The molecular formula is C18H26O6. The molecule has 0 aromatic carbocycles. The second-order valence-corrected chi connectivity index (χ2v) is 8.18. The fourth-order valence-electron chi connectivity index (χ4n) is 5.40. The van der Waals surface area contributed by atoms with Crippen molar-refractivity contribution in [3.05, 3.63) is 0 Å². The van der Waals surface area contributed by atoms with Gasteiger partial charge in [0.1, 0.15) is 0 Å². The van der Waals surface area contributed by atoms with Crippen molar-refractivity contribution >= 4 is 11.9 Å². The lowest BCUT2D eigenvalue weighted by molar-refractivity contribution is -0.149. The highest BCUT2D eigenvalue weighted by atomic mass is 16.6. The first kappa shape index (κ1) is 16.3. The minimum atomic E-state index is -0.202. The van der Waals surface area contributed by atoms with Gasteiger partial charge in [-0.25, -0.2) is 0 Å². The van der Waals surface area contributed by atoms with Gasteiger partial charge in [-0.2, -0.15) is 0 Å². The Morgan fingerprint density at radius 1 is 0.792 bits per heavy atom. The smallest absolute Gasteiger partial charge is 0.308 e. The molecule has 2 aliphatic carbocycles. The molecule has 0 bridgehead atoms. The molecule has 4 aliphatic rings. The van der Waals surface area contributed by atoms with Gasteiger partial charge in [0, 0.05) is 0 Å². The Kier molecular flexibility index (Phi) is 3.52. The van der Waals surface area contributed by atoms with Crippen LogP contribution in [0, 0.1) is 23.7 Å². The van der Waals surface area contributed by atoms with E-state index in [1.165, 1.54) is 14.2 Å². The van der Waals surface area contributed by atoms with Gasteiger partial charge in [0.15, 0.2) is 0 Å². The average Bonchev–Trinajstić information content (AvgIpc) is 3.44. The molecule has 4 rings (SSSR count). The number of fused-ring (bicyclic) bond motifs is 2. The second-order valence-electron chi connectivity index (χ2n) is 8.18. The van der Waals surface area contributed by atoms with Crippen molar-refractivity contribution in [2.24, 2.45) is 23.7 Å². The fourth-order valence-corrected chi connectivity index (χ4v) is 5.40. The first-order valence-electron chi connectivity index (χ1n) is 8.84. The molecule has 2 aliphatic heterocycles. The summed E-state index contributed by atoms with van der Waals surface area (Å²) in [5, 5.41) is 0. The topological polar surface area (TPSA) is 77.7 Å². The lowest BCUT2D eigenvalue weighted by atomic mass is 9.61. The van der Waals surface area contributed by atoms with Crippen LogP contribution >= 0.6 is 0 Å². The van der Waals surface area contributed by atoms with Crippen LogP contribution in [0.2, 0.25) is 0 Å². The van der Waals surface area contributed by atoms with Crippen LogP contribution < -0.4 is 0 Å². The van der Waals surface area contributed by atoms with Gasteiger partial charge in [0.2, 0.25) is 0 Å². The number of hydrogen-bond donors (Lipinski definition) is 0. The highest BCUT2D eigenvalue weighted by Gasteiger charge is 2.71. The van der Waals surface area contributed by atoms with Gasteiger partial charge in [-0.1, -0.05) is 0 Å². The van der Waals surface area contributed by atoms with Gasteiger partial charge in [0.25, 0.3) is 0 Å². The third-order valence-corrected chi connectivity index (χ3v) is 7.06. The Morgan fingerprint density at radius 3 is 1.50 bits per heavy atom. The van der Waals surface area contributed by atoms with Crippen LogP contribution in [0.4, 0.5) is 0 Å². The number of carbonyl (C=O) groups excluding carboxylic acids is 2. The van der Waals surface area contributed by atoms with Crippen LogP contribution in [0.15, 0.2) is 0 Å². The van der Waals surface area contributed by atoms with E-state index in [0.717, 1.165) is 25.7 Å². The number of carbonyl (C=O) groups is 2. The van der Waals surface area contributed by atoms with Crippen molar-refractivity contribution in [2.45, 2.75) is 62.9 Å². The summed E-state index contributed by atoms with van der Waals surface area (Å²) in [5.41, 5.74) is -0.403. The predicted octanol–water partition coefficient (Wildman–Crippen LogP) is 1.70. The highest BCUT2D eigenvalue weighted by Crippen LogP contribution is 2.63. The van der Waals surface area contributed by atoms with Crippen LogP contribution in [-0.4, -0.2) is 49.6 Å². The fraction of sp³-hybridized carbons (Fsp3) is 0.889. The standard InChI is InChI=1S/C18H26O6/c1-17-11(5-9(15(19)21-3)7-13(17)23-17)12-6-10(16(20)22-4)8-14-18(12,2)24-14/h9-14H,5-8H2,1-4H3. The minimum Gasteiger partial charge on any atom is -0.469 e. The summed E-state index contributed by atoms with van der Waals surface area (Å²) in [6.45, 7) is 4.27. The summed E-state index contributed by atoms with van der Waals surface area (Å²) >= 11 is 0. The summed E-state index contributed by atoms with van der Waals surface area (Å²) < 4.78 is 21.9. The number of epoxide rings is 2. The third-order valence-electron chi connectivity index (χ3n) is 7.06. The number of hydrogen-bond acceptors (Lipinski definition) is 6. The Hall–Kier alpha value is -1.14. The van der Waals surface area contributed by atoms with Crippen molar-refractivity contribution in [3.63, 3.8) is 0 Å². The number of methoxy groups -OCH3 is 2. The van der Waals surface area contributed by atoms with E-state index in [4.69, 9.17) is 18.9 Å². The molecule has 2 heterocycles. The first-order chi connectivity index (χ1) is 11.3. The van der Waals surface area contributed by atoms with E-state index in [9.17, 15) is 9.59 Å². The molecule has 8 unspecified atom stereocenters. The van der Waals surface area contributed by atoms with Crippen molar-refractivity contribution in [1.82, 2.24) is 0 Å². The molecule has 6 nitrogen and oxygen atoms in total. The summed E-state index contributed by atoms with van der Waals surface area (Å²) in [6, 6.07) is 0. The molecule has 4 fully saturated rings. The zero-order chi connectivity index (χ0) is 17.3. The molecular weight excluding hydrogens is 312 g/mol. The number of rotatable bonds is 3. The largest absolute Gasteiger partial charge is 0.469 e. The number of esters is 2. The van der Waals surface area contributed by atoms with E-state index in [2.05, 4.69) is 13.8 Å². The lowest BCUT2D eigenvalue weighted by Gasteiger charge is -2.40. The molecule has 134 valence electrons. The van der Waals surface area contributed by atoms with Crippen molar-refractivity contribution < 1.29 is 28.5 Å². The Bertz CT molecular complexity index is 526. The molecule has 24 heavy (non-hydrogen) atoms. The van der Waals surface area contributed by atoms with E-state index in [-0.39, 0.29) is 59.0 Å². The maximum atomic E-state index is 12.1. The van der Waals surface area contributed by atoms with Crippen LogP contribution in [0.5, 0.6) is 0 Å². The van der Waals surface area contributed by atoms with Crippen LogP contribution in [0.3, 0.4) is 0 Å². The van der Waals surface area contributed by atoms with Crippen LogP contribution in [-0.2, 0) is 28.5 Å². The molecule has 8 atom stereocenters. The van der Waals surface area contributed by atoms with E-state index in [1.807, 2.05) is 0 Å². The number of ether oxygens (including phenoxy) is 4. The summed E-state index contributed by atoms with van der Waals surface area (Å²) in [5.74, 6) is -0.169. The van der Waals surface area contributed by atoms with Crippen molar-refractivity contribution in [3.8, 4) is 0 Å². The molecule has 0 aromatic rings. The summed E-state index contributed by atoms with van der Waals surface area (Å²) in [4.78, 5) is 24.1. The summed E-state index contributed by atoms with van der Waals surface area (Å²) in [7, 11) is 2.88. The van der Waals surface area contributed by atoms with Crippen molar-refractivity contribution in [1.29, 1.82) is 0 Å². The zero-order valence-electron chi connectivity index (χ0n) is 14.7. The van der Waals surface area contributed by atoms with Gasteiger partial charge < -0.3 is 18.9 Å². The molecule has 2 saturated heterocycles. The molecule has 0 radical (unpaired) electrons. The van der Waals surface area contributed by atoms with E-state index in [0.29, 0.717) is 0 Å². The maximum Gasteiger partial charge on any atom is 0.308 e. The van der Waals surface area contributed by atoms with Crippen LogP contribution in [0.1, 0.15) is 39.5 Å². The summed E-state index contributed by atoms with van der Waals surface area (Å²) in [6.07, 6.45) is 3.16. The van der Waals surface area contributed by atoms with E-state index >= 15 is 0 Å². The highest BCUT2D eigenvalue weighted by molar-refractivity contribution is 5.73. The normalized spacial score (nSPS) is 51.8. The third kappa shape index (κ3) is 2.22. The maximum absolute atomic E-state index is 12.1. The molecule has 0 amide bonds. The van der Waals surface area contributed by atoms with Gasteiger partial charge in [0.05, 0.1) is 49.5 Å². The van der Waals surface area contributed by atoms with Crippen molar-refractivity contribution in [2.75, 3.05) is 14.2 Å². The molecule has 0 spiro atoms. The molecule has 6 heteroatoms. The van der Waals surface area contributed by atoms with Gasteiger partial charge in [-0.15, -0.1) is 0 Å². The van der Waals surface area contributed by atoms with E-state index in [1.54, 1.807) is 0 Å². The zero-order valence-corrected chi connectivity index (χ0v) is 14.7. The molecule has 2 saturated carbocycles. The van der Waals surface area contributed by atoms with Gasteiger partial charge in [-0.05, 0) is 51.4 Å². The van der Waals surface area contributed by atoms with Gasteiger partial charge in [-0.3, -0.25) is 9.59 Å². The Morgan fingerprint density at radius 2 is 1.17 bits per heavy atom. The minimum absolute atomic E-state index is 0.111. The Labute approximate surface area is 142 Å². The first-order valence-corrected chi connectivity index (χ1v) is 8.84. The SMILES string of the molecule is COC(=O)C1CC2OC2(C)C(C2CC(C(=O)OC)CC3OC32C)C1. The monoisotopic (exact) mass is 338 g/mol. The Balaban J connectivity index is 1.58. The van der Waals surface area contributed by atoms with Gasteiger partial charge >= 0.3 is 11.9 Å². The van der Waals surface area contributed by atoms with E-state index < -0.39 is 0 Å². The second kappa shape index (κ2) is 5.18. The van der Waals surface area contributed by atoms with Crippen LogP contribution in [0.25, 0.3) is 0 Å². The quantitative estimate of drug-likeness (QED) is 0.576.